The lowest BCUT2D eigenvalue weighted by Crippen LogP contribution is -2.21. The van der Waals surface area contributed by atoms with Crippen molar-refractivity contribution in [3.05, 3.63) is 35.9 Å². The molecule has 1 amide bonds. The zero-order valence-corrected chi connectivity index (χ0v) is 13.0. The van der Waals surface area contributed by atoms with Crippen LogP contribution in [0.5, 0.6) is 0 Å². The Balaban J connectivity index is 2.27. The zero-order valence-electron chi connectivity index (χ0n) is 13.0. The molecule has 0 atom stereocenters. The van der Waals surface area contributed by atoms with Crippen LogP contribution in [0.4, 0.5) is 5.69 Å². The van der Waals surface area contributed by atoms with Crippen LogP contribution in [-0.4, -0.2) is 38.3 Å². The summed E-state index contributed by atoms with van der Waals surface area (Å²) in [7, 11) is 4.00. The molecule has 0 saturated carbocycles. The molecule has 0 aromatic heterocycles. The maximum atomic E-state index is 11.6. The first kappa shape index (κ1) is 17.2. The number of carbonyl (C=O) groups excluding carboxylic acids is 1. The Morgan fingerprint density at radius 1 is 1.14 bits per heavy atom. The highest BCUT2D eigenvalue weighted by molar-refractivity contribution is 5.91. The Hall–Kier alpha value is -1.81. The van der Waals surface area contributed by atoms with E-state index in [1.807, 2.05) is 49.3 Å². The van der Waals surface area contributed by atoms with Gasteiger partial charge in [-0.25, -0.2) is 0 Å². The Morgan fingerprint density at radius 2 is 1.81 bits per heavy atom. The largest absolute Gasteiger partial charge is 0.396 e. The van der Waals surface area contributed by atoms with Crippen molar-refractivity contribution in [2.24, 2.45) is 0 Å². The van der Waals surface area contributed by atoms with Gasteiger partial charge in [-0.3, -0.25) is 4.79 Å². The maximum absolute atomic E-state index is 11.6. The van der Waals surface area contributed by atoms with Crippen LogP contribution < -0.4 is 10.2 Å². The summed E-state index contributed by atoms with van der Waals surface area (Å²) in [6.07, 6.45) is 7.24. The quantitative estimate of drug-likeness (QED) is 0.542. The first-order valence-corrected chi connectivity index (χ1v) is 7.47. The molecule has 0 heterocycles. The molecule has 1 rings (SSSR count). The molecule has 0 radical (unpaired) electrons. The van der Waals surface area contributed by atoms with Crippen molar-refractivity contribution in [2.45, 2.75) is 25.7 Å². The van der Waals surface area contributed by atoms with Crippen molar-refractivity contribution < 1.29 is 9.90 Å². The Bertz CT molecular complexity index is 439. The number of nitrogens with one attached hydrogen (secondary N) is 1. The van der Waals surface area contributed by atoms with E-state index in [1.165, 1.54) is 0 Å². The molecule has 0 saturated heterocycles. The van der Waals surface area contributed by atoms with Crippen molar-refractivity contribution >= 4 is 17.7 Å². The summed E-state index contributed by atoms with van der Waals surface area (Å²) in [6.45, 7) is 0.940. The number of carbonyl (C=O) groups is 1. The first-order chi connectivity index (χ1) is 10.1. The number of unbranched alkanes of at least 4 members (excludes halogenated alkanes) is 3. The summed E-state index contributed by atoms with van der Waals surface area (Å²) in [5.41, 5.74) is 2.15. The Labute approximate surface area is 127 Å². The first-order valence-electron chi connectivity index (χ1n) is 7.47. The van der Waals surface area contributed by atoms with Crippen molar-refractivity contribution in [1.29, 1.82) is 0 Å². The summed E-state index contributed by atoms with van der Waals surface area (Å²) < 4.78 is 0. The molecular weight excluding hydrogens is 264 g/mol. The molecule has 116 valence electrons. The molecule has 0 aliphatic carbocycles. The molecule has 0 spiro atoms. The number of benzene rings is 1. The highest BCUT2D eigenvalue weighted by Gasteiger charge is 1.96. The molecule has 0 aliphatic rings. The van der Waals surface area contributed by atoms with E-state index in [0.717, 1.165) is 36.9 Å². The van der Waals surface area contributed by atoms with E-state index in [9.17, 15) is 4.79 Å². The van der Waals surface area contributed by atoms with Crippen LogP contribution in [-0.2, 0) is 4.79 Å². The Kier molecular flexibility index (Phi) is 8.21. The van der Waals surface area contributed by atoms with Crippen molar-refractivity contribution in [1.82, 2.24) is 5.32 Å². The molecule has 0 fully saturated rings. The van der Waals surface area contributed by atoms with E-state index >= 15 is 0 Å². The van der Waals surface area contributed by atoms with Crippen LogP contribution in [0, 0.1) is 0 Å². The number of hydrogen-bond donors (Lipinski definition) is 2. The van der Waals surface area contributed by atoms with Crippen LogP contribution in [0.3, 0.4) is 0 Å². The van der Waals surface area contributed by atoms with Gasteiger partial charge in [-0.2, -0.15) is 0 Å². The molecule has 21 heavy (non-hydrogen) atoms. The lowest BCUT2D eigenvalue weighted by atomic mass is 10.2. The van der Waals surface area contributed by atoms with E-state index in [-0.39, 0.29) is 12.5 Å². The molecule has 0 bridgehead atoms. The fourth-order valence-corrected chi connectivity index (χ4v) is 1.92. The van der Waals surface area contributed by atoms with Crippen molar-refractivity contribution in [2.75, 3.05) is 32.1 Å². The highest BCUT2D eigenvalue weighted by Crippen LogP contribution is 2.12. The van der Waals surface area contributed by atoms with Crippen LogP contribution in [0.25, 0.3) is 6.08 Å². The minimum Gasteiger partial charge on any atom is -0.396 e. The van der Waals surface area contributed by atoms with E-state index in [4.69, 9.17) is 5.11 Å². The summed E-state index contributed by atoms with van der Waals surface area (Å²) in [4.78, 5) is 13.7. The van der Waals surface area contributed by atoms with Crippen molar-refractivity contribution in [3.8, 4) is 0 Å². The van der Waals surface area contributed by atoms with Crippen LogP contribution >= 0.6 is 0 Å². The molecule has 4 nitrogen and oxygen atoms in total. The van der Waals surface area contributed by atoms with E-state index in [0.29, 0.717) is 6.54 Å². The summed E-state index contributed by atoms with van der Waals surface area (Å²) in [5.74, 6) is -0.0613. The van der Waals surface area contributed by atoms with E-state index in [1.54, 1.807) is 6.08 Å². The predicted molar refractivity (Wildman–Crippen MR) is 88.4 cm³/mol. The topological polar surface area (TPSA) is 52.6 Å². The van der Waals surface area contributed by atoms with Gasteiger partial charge in [0, 0.05) is 39.0 Å². The predicted octanol–water partition coefficient (Wildman–Crippen LogP) is 2.43. The van der Waals surface area contributed by atoms with Crippen LogP contribution in [0.1, 0.15) is 31.2 Å². The van der Waals surface area contributed by atoms with Crippen LogP contribution in [0.2, 0.25) is 0 Å². The third-order valence-electron chi connectivity index (χ3n) is 3.22. The molecule has 2 N–H and O–H groups in total. The van der Waals surface area contributed by atoms with E-state index < -0.39 is 0 Å². The number of amides is 1. The lowest BCUT2D eigenvalue weighted by molar-refractivity contribution is -0.116. The van der Waals surface area contributed by atoms with Gasteiger partial charge in [-0.15, -0.1) is 0 Å². The average molecular weight is 290 g/mol. The third kappa shape index (κ3) is 7.51. The number of aliphatic hydroxyl groups excluding tert-OH is 1. The zero-order chi connectivity index (χ0) is 15.5. The molecule has 0 unspecified atom stereocenters. The minimum atomic E-state index is -0.0613. The van der Waals surface area contributed by atoms with Gasteiger partial charge in [0.25, 0.3) is 0 Å². The number of anilines is 1. The SMILES string of the molecule is CN(C)c1ccc(/C=C/C(=O)NCCCCCCO)cc1. The van der Waals surface area contributed by atoms with Crippen LogP contribution in [0.15, 0.2) is 30.3 Å². The van der Waals surface area contributed by atoms with Gasteiger partial charge in [0.15, 0.2) is 0 Å². The number of nitrogens with zero attached hydrogens (tertiary/aromatic N) is 1. The summed E-state index contributed by atoms with van der Waals surface area (Å²) in [6, 6.07) is 8.04. The normalized spacial score (nSPS) is 10.8. The number of aliphatic hydroxyl groups is 1. The number of hydrogen-bond acceptors (Lipinski definition) is 3. The molecular formula is C17H26N2O2. The second kappa shape index (κ2) is 10.00. The summed E-state index contributed by atoms with van der Waals surface area (Å²) >= 11 is 0. The Morgan fingerprint density at radius 3 is 2.43 bits per heavy atom. The second-order valence-corrected chi connectivity index (χ2v) is 5.25. The summed E-state index contributed by atoms with van der Waals surface area (Å²) in [5, 5.41) is 11.5. The number of rotatable bonds is 9. The highest BCUT2D eigenvalue weighted by atomic mass is 16.2. The minimum absolute atomic E-state index is 0.0613. The molecule has 4 heteroatoms. The molecule has 1 aromatic rings. The average Bonchev–Trinajstić information content (AvgIpc) is 2.49. The standard InChI is InChI=1S/C17H26N2O2/c1-19(2)16-10-7-15(8-11-16)9-12-17(21)18-13-5-3-4-6-14-20/h7-12,20H,3-6,13-14H2,1-2H3,(H,18,21)/b12-9+. The van der Waals surface area contributed by atoms with Gasteiger partial charge in [0.05, 0.1) is 0 Å². The van der Waals surface area contributed by atoms with Gasteiger partial charge < -0.3 is 15.3 Å². The third-order valence-corrected chi connectivity index (χ3v) is 3.22. The van der Waals surface area contributed by atoms with Gasteiger partial charge in [0.2, 0.25) is 5.91 Å². The smallest absolute Gasteiger partial charge is 0.243 e. The van der Waals surface area contributed by atoms with Gasteiger partial charge in [-0.05, 0) is 36.6 Å². The monoisotopic (exact) mass is 290 g/mol. The van der Waals surface area contributed by atoms with Gasteiger partial charge in [-0.1, -0.05) is 25.0 Å². The maximum Gasteiger partial charge on any atom is 0.243 e. The van der Waals surface area contributed by atoms with E-state index in [2.05, 4.69) is 5.32 Å². The van der Waals surface area contributed by atoms with Gasteiger partial charge in [0.1, 0.15) is 0 Å². The fourth-order valence-electron chi connectivity index (χ4n) is 1.92. The lowest BCUT2D eigenvalue weighted by Gasteiger charge is -2.11. The second-order valence-electron chi connectivity index (χ2n) is 5.25. The fraction of sp³-hybridized carbons (Fsp3) is 0.471. The van der Waals surface area contributed by atoms with Crippen molar-refractivity contribution in [3.63, 3.8) is 0 Å². The molecule has 0 aliphatic heterocycles. The molecule has 1 aromatic carbocycles. The van der Waals surface area contributed by atoms with Gasteiger partial charge >= 0.3 is 0 Å².